The van der Waals surface area contributed by atoms with E-state index in [0.717, 1.165) is 7.11 Å². The highest BCUT2D eigenvalue weighted by molar-refractivity contribution is 5.05. The molecule has 80 valence electrons. The van der Waals surface area contributed by atoms with Gasteiger partial charge in [0.25, 0.3) is 0 Å². The number of alkyl halides is 3. The maximum Gasteiger partial charge on any atom is 0.420 e. The van der Waals surface area contributed by atoms with Gasteiger partial charge < -0.3 is 9.30 Å². The molecule has 1 atom stereocenters. The van der Waals surface area contributed by atoms with Crippen LogP contribution in [0.25, 0.3) is 0 Å². The number of nitrogens with zero attached hydrogens (tertiary/aromatic N) is 2. The third kappa shape index (κ3) is 2.06. The zero-order chi connectivity index (χ0) is 10.8. The maximum absolute atomic E-state index is 12.4. The van der Waals surface area contributed by atoms with E-state index in [1.807, 2.05) is 0 Å². The van der Waals surface area contributed by atoms with Crippen LogP contribution >= 0.6 is 0 Å². The van der Waals surface area contributed by atoms with Crippen LogP contribution in [0.2, 0.25) is 0 Å². The van der Waals surface area contributed by atoms with Gasteiger partial charge in [0.15, 0.2) is 6.10 Å². The summed E-state index contributed by atoms with van der Waals surface area (Å²) in [5.74, 6) is 0. The van der Waals surface area contributed by atoms with Crippen LogP contribution in [-0.2, 0) is 11.3 Å². The first-order valence-corrected chi connectivity index (χ1v) is 4.10. The topological polar surface area (TPSA) is 27.1 Å². The zero-order valence-electron chi connectivity index (χ0n) is 7.88. The van der Waals surface area contributed by atoms with Crippen molar-refractivity contribution in [3.8, 4) is 0 Å². The molecule has 3 nitrogen and oxygen atoms in total. The van der Waals surface area contributed by atoms with Crippen LogP contribution < -0.4 is 0 Å². The summed E-state index contributed by atoms with van der Waals surface area (Å²) < 4.78 is 43.1. The van der Waals surface area contributed by atoms with Crippen molar-refractivity contribution in [1.29, 1.82) is 0 Å². The predicted molar refractivity (Wildman–Crippen MR) is 43.7 cm³/mol. The highest BCUT2D eigenvalue weighted by Crippen LogP contribution is 2.34. The molecular formula is C8H11F3N2O. The quantitative estimate of drug-likeness (QED) is 0.761. The fourth-order valence-electron chi connectivity index (χ4n) is 1.24. The van der Waals surface area contributed by atoms with Crippen LogP contribution in [0.1, 0.15) is 18.7 Å². The second kappa shape index (κ2) is 4.00. The number of methoxy groups -OCH3 is 1. The minimum absolute atomic E-state index is 0.0301. The van der Waals surface area contributed by atoms with Crippen molar-refractivity contribution in [1.82, 2.24) is 9.55 Å². The Hall–Kier alpha value is -1.04. The van der Waals surface area contributed by atoms with Crippen LogP contribution in [0.5, 0.6) is 0 Å². The molecule has 1 aromatic rings. The van der Waals surface area contributed by atoms with E-state index in [-0.39, 0.29) is 5.69 Å². The van der Waals surface area contributed by atoms with Crippen LogP contribution in [-0.4, -0.2) is 22.8 Å². The Balaban J connectivity index is 3.01. The minimum Gasteiger partial charge on any atom is -0.366 e. The van der Waals surface area contributed by atoms with E-state index >= 15 is 0 Å². The van der Waals surface area contributed by atoms with Crippen molar-refractivity contribution in [2.24, 2.45) is 0 Å². The van der Waals surface area contributed by atoms with Gasteiger partial charge in [-0.15, -0.1) is 0 Å². The number of aromatic nitrogens is 2. The van der Waals surface area contributed by atoms with E-state index in [9.17, 15) is 13.2 Å². The molecule has 0 aromatic carbocycles. The summed E-state index contributed by atoms with van der Waals surface area (Å²) >= 11 is 0. The predicted octanol–water partition coefficient (Wildman–Crippen LogP) is 2.15. The molecule has 14 heavy (non-hydrogen) atoms. The lowest BCUT2D eigenvalue weighted by atomic mass is 10.2. The summed E-state index contributed by atoms with van der Waals surface area (Å²) in [5, 5.41) is 0. The summed E-state index contributed by atoms with van der Waals surface area (Å²) in [6, 6.07) is 0. The molecule has 0 radical (unpaired) electrons. The molecule has 0 saturated carbocycles. The van der Waals surface area contributed by atoms with Crippen LogP contribution in [0.4, 0.5) is 13.2 Å². The summed E-state index contributed by atoms with van der Waals surface area (Å²) in [6.07, 6.45) is -3.77. The molecule has 0 aliphatic carbocycles. The first-order valence-electron chi connectivity index (χ1n) is 4.10. The number of aryl methyl sites for hydroxylation is 1. The zero-order valence-corrected chi connectivity index (χ0v) is 7.88. The monoisotopic (exact) mass is 208 g/mol. The Morgan fingerprint density at radius 3 is 2.64 bits per heavy atom. The molecule has 0 fully saturated rings. The van der Waals surface area contributed by atoms with E-state index in [1.54, 1.807) is 6.92 Å². The van der Waals surface area contributed by atoms with Gasteiger partial charge in [0, 0.05) is 13.7 Å². The lowest BCUT2D eigenvalue weighted by Gasteiger charge is -2.19. The number of hydrogen-bond donors (Lipinski definition) is 0. The first-order chi connectivity index (χ1) is 6.50. The number of rotatable bonds is 3. The van der Waals surface area contributed by atoms with Gasteiger partial charge in [-0.1, -0.05) is 0 Å². The van der Waals surface area contributed by atoms with E-state index in [2.05, 4.69) is 9.72 Å². The normalized spacial score (nSPS) is 14.4. The SMILES string of the molecule is CCn1cncc1C(OC)C(F)(F)F. The Kier molecular flexibility index (Phi) is 3.15. The number of ether oxygens (including phenoxy) is 1. The molecule has 1 unspecified atom stereocenters. The van der Waals surface area contributed by atoms with Gasteiger partial charge in [-0.2, -0.15) is 13.2 Å². The third-order valence-corrected chi connectivity index (χ3v) is 1.89. The molecule has 0 spiro atoms. The fraction of sp³-hybridized carbons (Fsp3) is 0.625. The number of halogens is 3. The maximum atomic E-state index is 12.4. The van der Waals surface area contributed by atoms with Crippen molar-refractivity contribution in [2.45, 2.75) is 25.7 Å². The summed E-state index contributed by atoms with van der Waals surface area (Å²) in [5.41, 5.74) is 0.0301. The van der Waals surface area contributed by atoms with Gasteiger partial charge >= 0.3 is 6.18 Å². The third-order valence-electron chi connectivity index (χ3n) is 1.89. The molecule has 0 aliphatic heterocycles. The van der Waals surface area contributed by atoms with Gasteiger partial charge in [0.2, 0.25) is 0 Å². The van der Waals surface area contributed by atoms with Crippen LogP contribution in [0, 0.1) is 0 Å². The Morgan fingerprint density at radius 2 is 2.21 bits per heavy atom. The summed E-state index contributed by atoms with van der Waals surface area (Å²) in [7, 11) is 1.03. The molecular weight excluding hydrogens is 197 g/mol. The Morgan fingerprint density at radius 1 is 1.57 bits per heavy atom. The Labute approximate surface area is 79.5 Å². The summed E-state index contributed by atoms with van der Waals surface area (Å²) in [4.78, 5) is 3.66. The largest absolute Gasteiger partial charge is 0.420 e. The van der Waals surface area contributed by atoms with Crippen molar-refractivity contribution in [2.75, 3.05) is 7.11 Å². The molecule has 0 aliphatic rings. The lowest BCUT2D eigenvalue weighted by Crippen LogP contribution is -2.24. The van der Waals surface area contributed by atoms with Crippen molar-refractivity contribution < 1.29 is 17.9 Å². The second-order valence-electron chi connectivity index (χ2n) is 2.76. The lowest BCUT2D eigenvalue weighted by molar-refractivity contribution is -0.217. The van der Waals surface area contributed by atoms with Gasteiger partial charge in [0.1, 0.15) is 0 Å². The molecule has 0 N–H and O–H groups in total. The number of hydrogen-bond acceptors (Lipinski definition) is 2. The second-order valence-corrected chi connectivity index (χ2v) is 2.76. The molecule has 0 bridgehead atoms. The average molecular weight is 208 g/mol. The standard InChI is InChI=1S/C8H11F3N2O/c1-3-13-5-12-4-6(13)7(14-2)8(9,10)11/h4-5,7H,3H2,1-2H3. The smallest absolute Gasteiger partial charge is 0.366 e. The van der Waals surface area contributed by atoms with E-state index in [4.69, 9.17) is 0 Å². The molecule has 1 aromatic heterocycles. The molecule has 1 rings (SSSR count). The highest BCUT2D eigenvalue weighted by Gasteiger charge is 2.42. The first kappa shape index (κ1) is 11.0. The molecule has 0 amide bonds. The Bertz CT molecular complexity index is 295. The number of imidazole rings is 1. The van der Waals surface area contributed by atoms with Crippen molar-refractivity contribution in [3.63, 3.8) is 0 Å². The van der Waals surface area contributed by atoms with Gasteiger partial charge in [-0.25, -0.2) is 4.98 Å². The molecule has 6 heteroatoms. The van der Waals surface area contributed by atoms with Crippen LogP contribution in [0.3, 0.4) is 0 Å². The average Bonchev–Trinajstić information content (AvgIpc) is 2.51. The minimum atomic E-state index is -4.40. The van der Waals surface area contributed by atoms with Crippen LogP contribution in [0.15, 0.2) is 12.5 Å². The van der Waals surface area contributed by atoms with Gasteiger partial charge in [-0.05, 0) is 6.92 Å². The van der Waals surface area contributed by atoms with E-state index < -0.39 is 12.3 Å². The van der Waals surface area contributed by atoms with E-state index in [1.165, 1.54) is 17.1 Å². The fourth-order valence-corrected chi connectivity index (χ4v) is 1.24. The van der Waals surface area contributed by atoms with Crippen molar-refractivity contribution >= 4 is 0 Å². The van der Waals surface area contributed by atoms with Crippen molar-refractivity contribution in [3.05, 3.63) is 18.2 Å². The van der Waals surface area contributed by atoms with Gasteiger partial charge in [0.05, 0.1) is 18.2 Å². The highest BCUT2D eigenvalue weighted by atomic mass is 19.4. The summed E-state index contributed by atoms with van der Waals surface area (Å²) in [6.45, 7) is 2.18. The molecule has 0 saturated heterocycles. The molecule has 1 heterocycles. The van der Waals surface area contributed by atoms with E-state index in [0.29, 0.717) is 6.54 Å². The van der Waals surface area contributed by atoms with Gasteiger partial charge in [-0.3, -0.25) is 0 Å².